The topological polar surface area (TPSA) is 28.2 Å². The summed E-state index contributed by atoms with van der Waals surface area (Å²) in [5.41, 5.74) is 0. The van der Waals surface area contributed by atoms with E-state index in [0.717, 1.165) is 12.4 Å². The minimum absolute atomic E-state index is 0.536. The first-order valence-corrected chi connectivity index (χ1v) is 6.27. The zero-order chi connectivity index (χ0) is 11.4. The van der Waals surface area contributed by atoms with Crippen LogP contribution < -0.4 is 5.32 Å². The van der Waals surface area contributed by atoms with Gasteiger partial charge in [0.25, 0.3) is 0 Å². The molecule has 3 nitrogen and oxygen atoms in total. The number of likely N-dealkylation sites (tertiary alicyclic amines) is 1. The van der Waals surface area contributed by atoms with Gasteiger partial charge in [-0.25, -0.2) is 4.98 Å². The van der Waals surface area contributed by atoms with Crippen LogP contribution in [0.15, 0.2) is 18.2 Å². The molecule has 0 amide bonds. The van der Waals surface area contributed by atoms with Crippen molar-refractivity contribution in [3.05, 3.63) is 23.4 Å². The molecule has 1 aromatic rings. The molecule has 2 rings (SSSR count). The van der Waals surface area contributed by atoms with Crippen molar-refractivity contribution in [2.24, 2.45) is 0 Å². The van der Waals surface area contributed by atoms with Crippen molar-refractivity contribution in [2.75, 3.05) is 25.0 Å². The van der Waals surface area contributed by atoms with E-state index in [0.29, 0.717) is 11.2 Å². The molecule has 0 atom stereocenters. The average Bonchev–Trinajstić information content (AvgIpc) is 2.30. The van der Waals surface area contributed by atoms with Gasteiger partial charge >= 0.3 is 0 Å². The number of nitrogens with zero attached hydrogens (tertiary/aromatic N) is 2. The summed E-state index contributed by atoms with van der Waals surface area (Å²) < 4.78 is 0. The molecule has 0 unspecified atom stereocenters. The molecule has 1 aliphatic heterocycles. The normalized spacial score (nSPS) is 18.6. The molecule has 0 radical (unpaired) electrons. The minimum atomic E-state index is 0.536. The van der Waals surface area contributed by atoms with Crippen molar-refractivity contribution in [3.63, 3.8) is 0 Å². The Hall–Kier alpha value is -0.800. The summed E-state index contributed by atoms with van der Waals surface area (Å²) >= 11 is 5.85. The molecule has 1 saturated heterocycles. The molecule has 2 heterocycles. The van der Waals surface area contributed by atoms with Gasteiger partial charge in [0.15, 0.2) is 0 Å². The number of aromatic nitrogens is 1. The molecule has 1 fully saturated rings. The molecule has 88 valence electrons. The molecule has 1 N–H and O–H groups in total. The van der Waals surface area contributed by atoms with E-state index >= 15 is 0 Å². The first kappa shape index (κ1) is 11.7. The molecule has 0 saturated carbocycles. The highest BCUT2D eigenvalue weighted by Gasteiger charge is 2.17. The van der Waals surface area contributed by atoms with Crippen LogP contribution in [0, 0.1) is 0 Å². The molecule has 1 aliphatic rings. The molecule has 0 bridgehead atoms. The molecular weight excluding hydrogens is 222 g/mol. The number of halogens is 1. The van der Waals surface area contributed by atoms with E-state index in [-0.39, 0.29) is 0 Å². The number of pyridine rings is 1. The predicted molar refractivity (Wildman–Crippen MR) is 68.0 cm³/mol. The fraction of sp³-hybridized carbons (Fsp3) is 0.583. The third-order valence-electron chi connectivity index (χ3n) is 3.10. The largest absolute Gasteiger partial charge is 0.367 e. The lowest BCUT2D eigenvalue weighted by Gasteiger charge is -2.31. The second-order valence-corrected chi connectivity index (χ2v) is 4.59. The van der Waals surface area contributed by atoms with Crippen molar-refractivity contribution in [1.82, 2.24) is 9.88 Å². The molecule has 0 aromatic carbocycles. The Morgan fingerprint density at radius 2 is 2.19 bits per heavy atom. The van der Waals surface area contributed by atoms with Crippen molar-refractivity contribution in [1.29, 1.82) is 0 Å². The number of hydrogen-bond donors (Lipinski definition) is 1. The van der Waals surface area contributed by atoms with E-state index in [9.17, 15) is 0 Å². The van der Waals surface area contributed by atoms with Gasteiger partial charge in [-0.15, -0.1) is 0 Å². The zero-order valence-corrected chi connectivity index (χ0v) is 10.4. The van der Waals surface area contributed by atoms with Gasteiger partial charge in [0.05, 0.1) is 0 Å². The van der Waals surface area contributed by atoms with Crippen molar-refractivity contribution in [3.8, 4) is 0 Å². The molecule has 16 heavy (non-hydrogen) atoms. The van der Waals surface area contributed by atoms with Crippen LogP contribution in [0.25, 0.3) is 0 Å². The van der Waals surface area contributed by atoms with Crippen LogP contribution in [-0.4, -0.2) is 35.6 Å². The first-order chi connectivity index (χ1) is 7.78. The van der Waals surface area contributed by atoms with E-state index in [1.54, 1.807) is 6.07 Å². The van der Waals surface area contributed by atoms with Gasteiger partial charge in [0.1, 0.15) is 11.0 Å². The van der Waals surface area contributed by atoms with Gasteiger partial charge in [-0.1, -0.05) is 24.6 Å². The maximum absolute atomic E-state index is 5.85. The zero-order valence-electron chi connectivity index (χ0n) is 9.62. The lowest BCUT2D eigenvalue weighted by atomic mass is 10.1. The van der Waals surface area contributed by atoms with Gasteiger partial charge in [-0.2, -0.15) is 0 Å². The molecule has 4 heteroatoms. The van der Waals surface area contributed by atoms with Gasteiger partial charge in [-0.05, 0) is 31.5 Å². The Labute approximate surface area is 102 Å². The number of piperidine rings is 1. The summed E-state index contributed by atoms with van der Waals surface area (Å²) in [6.45, 7) is 5.72. The lowest BCUT2D eigenvalue weighted by molar-refractivity contribution is 0.229. The van der Waals surface area contributed by atoms with Crippen LogP contribution in [-0.2, 0) is 0 Å². The monoisotopic (exact) mass is 239 g/mol. The molecule has 1 aromatic heterocycles. The summed E-state index contributed by atoms with van der Waals surface area (Å²) in [6.07, 6.45) is 2.37. The van der Waals surface area contributed by atoms with Crippen molar-refractivity contribution >= 4 is 17.4 Å². The summed E-state index contributed by atoms with van der Waals surface area (Å²) in [4.78, 5) is 6.72. The summed E-state index contributed by atoms with van der Waals surface area (Å²) in [7, 11) is 0. The van der Waals surface area contributed by atoms with Crippen LogP contribution in [0.5, 0.6) is 0 Å². The van der Waals surface area contributed by atoms with Crippen molar-refractivity contribution in [2.45, 2.75) is 25.8 Å². The van der Waals surface area contributed by atoms with Crippen LogP contribution in [0.2, 0.25) is 5.15 Å². The summed E-state index contributed by atoms with van der Waals surface area (Å²) in [5, 5.41) is 4.00. The Bertz CT molecular complexity index is 335. The van der Waals surface area contributed by atoms with Gasteiger partial charge in [0, 0.05) is 19.1 Å². The first-order valence-electron chi connectivity index (χ1n) is 5.89. The van der Waals surface area contributed by atoms with Crippen LogP contribution in [0.1, 0.15) is 19.8 Å². The van der Waals surface area contributed by atoms with E-state index in [1.165, 1.54) is 25.9 Å². The van der Waals surface area contributed by atoms with E-state index in [1.807, 2.05) is 12.1 Å². The second-order valence-electron chi connectivity index (χ2n) is 4.20. The van der Waals surface area contributed by atoms with Gasteiger partial charge in [0.2, 0.25) is 0 Å². The quantitative estimate of drug-likeness (QED) is 0.822. The van der Waals surface area contributed by atoms with E-state index in [4.69, 9.17) is 11.6 Å². The standard InChI is InChI=1S/C12H18ClN3/c1-2-16-8-6-10(7-9-16)14-12-5-3-4-11(13)15-12/h3-5,10H,2,6-9H2,1H3,(H,14,15). The highest BCUT2D eigenvalue weighted by atomic mass is 35.5. The van der Waals surface area contributed by atoms with E-state index in [2.05, 4.69) is 22.1 Å². The number of anilines is 1. The maximum Gasteiger partial charge on any atom is 0.131 e. The van der Waals surface area contributed by atoms with E-state index < -0.39 is 0 Å². The second kappa shape index (κ2) is 5.51. The summed E-state index contributed by atoms with van der Waals surface area (Å²) in [6, 6.07) is 6.23. The number of nitrogens with one attached hydrogen (secondary N) is 1. The Morgan fingerprint density at radius 1 is 1.44 bits per heavy atom. The van der Waals surface area contributed by atoms with Crippen LogP contribution in [0.3, 0.4) is 0 Å². The predicted octanol–water partition coefficient (Wildman–Crippen LogP) is 2.63. The van der Waals surface area contributed by atoms with Crippen LogP contribution in [0.4, 0.5) is 5.82 Å². The van der Waals surface area contributed by atoms with Crippen LogP contribution >= 0.6 is 11.6 Å². The Kier molecular flexibility index (Phi) is 4.02. The third-order valence-corrected chi connectivity index (χ3v) is 3.31. The molecule has 0 aliphatic carbocycles. The Morgan fingerprint density at radius 3 is 2.81 bits per heavy atom. The highest BCUT2D eigenvalue weighted by Crippen LogP contribution is 2.16. The maximum atomic E-state index is 5.85. The molecular formula is C12H18ClN3. The SMILES string of the molecule is CCN1CCC(Nc2cccc(Cl)n2)CC1. The lowest BCUT2D eigenvalue weighted by Crippen LogP contribution is -2.38. The highest BCUT2D eigenvalue weighted by molar-refractivity contribution is 6.29. The fourth-order valence-corrected chi connectivity index (χ4v) is 2.26. The molecule has 0 spiro atoms. The fourth-order valence-electron chi connectivity index (χ4n) is 2.09. The third kappa shape index (κ3) is 3.09. The van der Waals surface area contributed by atoms with Gasteiger partial charge in [-0.3, -0.25) is 0 Å². The Balaban J connectivity index is 1.87. The average molecular weight is 240 g/mol. The summed E-state index contributed by atoms with van der Waals surface area (Å²) in [5.74, 6) is 0.891. The van der Waals surface area contributed by atoms with Gasteiger partial charge < -0.3 is 10.2 Å². The smallest absolute Gasteiger partial charge is 0.131 e. The number of hydrogen-bond acceptors (Lipinski definition) is 3. The number of rotatable bonds is 3. The van der Waals surface area contributed by atoms with Crippen molar-refractivity contribution < 1.29 is 0 Å². The minimum Gasteiger partial charge on any atom is -0.367 e.